The highest BCUT2D eigenvalue weighted by atomic mass is 35.5. The van der Waals surface area contributed by atoms with Crippen molar-refractivity contribution in [2.75, 3.05) is 6.54 Å². The smallest absolute Gasteiger partial charge is 0.0409 e. The average molecular weight is 293 g/mol. The van der Waals surface area contributed by atoms with Crippen molar-refractivity contribution in [3.63, 3.8) is 0 Å². The lowest BCUT2D eigenvalue weighted by Gasteiger charge is -2.43. The summed E-state index contributed by atoms with van der Waals surface area (Å²) in [6.45, 7) is 5.64. The van der Waals surface area contributed by atoms with Crippen LogP contribution < -0.4 is 5.32 Å². The molecule has 0 amide bonds. The van der Waals surface area contributed by atoms with E-state index in [1.807, 2.05) is 6.07 Å². The van der Waals surface area contributed by atoms with Gasteiger partial charge in [-0.3, -0.25) is 4.90 Å². The van der Waals surface area contributed by atoms with Gasteiger partial charge in [-0.15, -0.1) is 0 Å². The van der Waals surface area contributed by atoms with Gasteiger partial charge in [-0.05, 0) is 56.8 Å². The van der Waals surface area contributed by atoms with Crippen LogP contribution in [-0.2, 0) is 0 Å². The summed E-state index contributed by atoms with van der Waals surface area (Å²) in [5, 5.41) is 4.50. The van der Waals surface area contributed by atoms with E-state index >= 15 is 0 Å². The first-order valence-electron chi connectivity index (χ1n) is 7.95. The van der Waals surface area contributed by atoms with Gasteiger partial charge in [0.05, 0.1) is 0 Å². The van der Waals surface area contributed by atoms with Gasteiger partial charge in [0.25, 0.3) is 0 Å². The van der Waals surface area contributed by atoms with Gasteiger partial charge < -0.3 is 5.32 Å². The summed E-state index contributed by atoms with van der Waals surface area (Å²) >= 11 is 6.15. The van der Waals surface area contributed by atoms with Crippen LogP contribution >= 0.6 is 11.6 Å². The van der Waals surface area contributed by atoms with Gasteiger partial charge >= 0.3 is 0 Å². The molecule has 20 heavy (non-hydrogen) atoms. The van der Waals surface area contributed by atoms with Crippen LogP contribution in [0.2, 0.25) is 5.02 Å². The van der Waals surface area contributed by atoms with Crippen LogP contribution in [0.3, 0.4) is 0 Å². The highest BCUT2D eigenvalue weighted by Crippen LogP contribution is 2.41. The van der Waals surface area contributed by atoms with Crippen molar-refractivity contribution in [1.82, 2.24) is 10.2 Å². The Hall–Kier alpha value is -0.570. The SMILES string of the molecule is CCNC1CC2CCC(C1)N2C(C)c1cccc(Cl)c1. The predicted octanol–water partition coefficient (Wildman–Crippen LogP) is 4.01. The molecule has 0 aliphatic carbocycles. The Morgan fingerprint density at radius 3 is 2.60 bits per heavy atom. The standard InChI is InChI=1S/C17H25ClN2/c1-3-19-15-10-16-7-8-17(11-15)20(16)12(2)13-5-4-6-14(18)9-13/h4-6,9,12,15-17,19H,3,7-8,10-11H2,1-2H3. The average Bonchev–Trinajstić information content (AvgIpc) is 2.70. The minimum Gasteiger partial charge on any atom is -0.314 e. The monoisotopic (exact) mass is 292 g/mol. The molecular weight excluding hydrogens is 268 g/mol. The largest absolute Gasteiger partial charge is 0.314 e. The Balaban J connectivity index is 1.75. The Morgan fingerprint density at radius 1 is 1.30 bits per heavy atom. The van der Waals surface area contributed by atoms with E-state index in [1.54, 1.807) is 0 Å². The number of hydrogen-bond donors (Lipinski definition) is 1. The zero-order valence-electron chi connectivity index (χ0n) is 12.5. The fraction of sp³-hybridized carbons (Fsp3) is 0.647. The molecule has 0 saturated carbocycles. The Morgan fingerprint density at radius 2 is 2.00 bits per heavy atom. The van der Waals surface area contributed by atoms with Gasteiger partial charge in [0, 0.05) is 29.2 Å². The maximum Gasteiger partial charge on any atom is 0.0409 e. The van der Waals surface area contributed by atoms with E-state index in [-0.39, 0.29) is 0 Å². The molecule has 1 N–H and O–H groups in total. The molecule has 2 aliphatic heterocycles. The van der Waals surface area contributed by atoms with Gasteiger partial charge in [-0.2, -0.15) is 0 Å². The van der Waals surface area contributed by atoms with Gasteiger partial charge in [0.1, 0.15) is 0 Å². The first kappa shape index (κ1) is 14.4. The Bertz CT molecular complexity index is 448. The van der Waals surface area contributed by atoms with Crippen LogP contribution in [0.25, 0.3) is 0 Å². The quantitative estimate of drug-likeness (QED) is 0.902. The third kappa shape index (κ3) is 2.74. The molecule has 2 bridgehead atoms. The number of benzene rings is 1. The highest BCUT2D eigenvalue weighted by molar-refractivity contribution is 6.30. The molecule has 110 valence electrons. The second-order valence-corrected chi connectivity index (χ2v) is 6.73. The maximum atomic E-state index is 6.15. The van der Waals surface area contributed by atoms with Gasteiger partial charge in [-0.1, -0.05) is 30.7 Å². The number of nitrogens with one attached hydrogen (secondary N) is 1. The number of nitrogens with zero attached hydrogens (tertiary/aromatic N) is 1. The van der Waals surface area contributed by atoms with Crippen LogP contribution in [0.4, 0.5) is 0 Å². The van der Waals surface area contributed by atoms with Crippen molar-refractivity contribution in [2.24, 2.45) is 0 Å². The van der Waals surface area contributed by atoms with Gasteiger partial charge in [0.15, 0.2) is 0 Å². The summed E-state index contributed by atoms with van der Waals surface area (Å²) in [7, 11) is 0. The Labute approximate surface area is 127 Å². The van der Waals surface area contributed by atoms with Crippen LogP contribution in [0.1, 0.15) is 51.1 Å². The highest BCUT2D eigenvalue weighted by Gasteiger charge is 2.42. The van der Waals surface area contributed by atoms with E-state index in [0.717, 1.165) is 29.7 Å². The number of hydrogen-bond acceptors (Lipinski definition) is 2. The molecule has 3 rings (SSSR count). The lowest BCUT2D eigenvalue weighted by Crippen LogP contribution is -2.49. The van der Waals surface area contributed by atoms with Gasteiger partial charge in [-0.25, -0.2) is 0 Å². The summed E-state index contributed by atoms with van der Waals surface area (Å²) in [6.07, 6.45) is 5.32. The minimum absolute atomic E-state index is 0.480. The fourth-order valence-corrected chi connectivity index (χ4v) is 4.44. The number of fused-ring (bicyclic) bond motifs is 2. The van der Waals surface area contributed by atoms with Crippen molar-refractivity contribution in [3.8, 4) is 0 Å². The van der Waals surface area contributed by atoms with E-state index in [0.29, 0.717) is 6.04 Å². The molecular formula is C17H25ClN2. The molecule has 2 fully saturated rings. The van der Waals surface area contributed by atoms with E-state index in [1.165, 1.54) is 31.2 Å². The van der Waals surface area contributed by atoms with Crippen molar-refractivity contribution in [1.29, 1.82) is 0 Å². The molecule has 2 saturated heterocycles. The second kappa shape index (κ2) is 6.05. The summed E-state index contributed by atoms with van der Waals surface area (Å²) < 4.78 is 0. The Kier molecular flexibility index (Phi) is 4.34. The van der Waals surface area contributed by atoms with Crippen molar-refractivity contribution in [3.05, 3.63) is 34.9 Å². The molecule has 0 spiro atoms. The lowest BCUT2D eigenvalue weighted by molar-refractivity contribution is 0.0775. The maximum absolute atomic E-state index is 6.15. The van der Waals surface area contributed by atoms with Crippen molar-refractivity contribution in [2.45, 2.75) is 63.7 Å². The normalized spacial score (nSPS) is 31.4. The first-order valence-corrected chi connectivity index (χ1v) is 8.33. The third-order valence-electron chi connectivity index (χ3n) is 5.06. The third-order valence-corrected chi connectivity index (χ3v) is 5.30. The van der Waals surface area contributed by atoms with Crippen LogP contribution in [-0.4, -0.2) is 29.6 Å². The molecule has 2 nitrogen and oxygen atoms in total. The molecule has 0 radical (unpaired) electrons. The summed E-state index contributed by atoms with van der Waals surface area (Å²) in [5.41, 5.74) is 1.36. The summed E-state index contributed by atoms with van der Waals surface area (Å²) in [6, 6.07) is 11.1. The zero-order valence-corrected chi connectivity index (χ0v) is 13.2. The molecule has 1 aromatic carbocycles. The fourth-order valence-electron chi connectivity index (χ4n) is 4.24. The molecule has 3 heteroatoms. The number of piperidine rings is 1. The number of rotatable bonds is 4. The van der Waals surface area contributed by atoms with Crippen LogP contribution in [0.15, 0.2) is 24.3 Å². The van der Waals surface area contributed by atoms with E-state index in [2.05, 4.69) is 42.3 Å². The molecule has 2 heterocycles. The predicted molar refractivity (Wildman–Crippen MR) is 85.2 cm³/mol. The molecule has 1 aromatic rings. The van der Waals surface area contributed by atoms with Crippen LogP contribution in [0, 0.1) is 0 Å². The summed E-state index contributed by atoms with van der Waals surface area (Å²) in [5.74, 6) is 0. The van der Waals surface area contributed by atoms with E-state index in [9.17, 15) is 0 Å². The summed E-state index contributed by atoms with van der Waals surface area (Å²) in [4.78, 5) is 2.75. The molecule has 2 aliphatic rings. The zero-order chi connectivity index (χ0) is 14.1. The molecule has 0 aromatic heterocycles. The van der Waals surface area contributed by atoms with Gasteiger partial charge in [0.2, 0.25) is 0 Å². The number of halogens is 1. The van der Waals surface area contributed by atoms with Crippen molar-refractivity contribution < 1.29 is 0 Å². The molecule has 3 atom stereocenters. The lowest BCUT2D eigenvalue weighted by atomic mass is 9.93. The van der Waals surface area contributed by atoms with Crippen LogP contribution in [0.5, 0.6) is 0 Å². The first-order chi connectivity index (χ1) is 9.69. The van der Waals surface area contributed by atoms with E-state index < -0.39 is 0 Å². The van der Waals surface area contributed by atoms with E-state index in [4.69, 9.17) is 11.6 Å². The topological polar surface area (TPSA) is 15.3 Å². The molecule has 3 unspecified atom stereocenters. The second-order valence-electron chi connectivity index (χ2n) is 6.29. The van der Waals surface area contributed by atoms with Crippen molar-refractivity contribution >= 4 is 11.6 Å². The minimum atomic E-state index is 0.480.